The minimum Gasteiger partial charge on any atom is -0.341 e. The summed E-state index contributed by atoms with van der Waals surface area (Å²) in [6.45, 7) is 1.88. The van der Waals surface area contributed by atoms with E-state index in [-0.39, 0.29) is 17.9 Å². The molecule has 2 N–H and O–H groups in total. The lowest BCUT2D eigenvalue weighted by atomic mass is 10.1. The van der Waals surface area contributed by atoms with Gasteiger partial charge in [-0.3, -0.25) is 9.59 Å². The first-order valence-electron chi connectivity index (χ1n) is 7.71. The molecule has 1 fully saturated rings. The van der Waals surface area contributed by atoms with Crippen molar-refractivity contribution in [2.75, 3.05) is 0 Å². The van der Waals surface area contributed by atoms with Gasteiger partial charge in [0.1, 0.15) is 12.0 Å². The lowest BCUT2D eigenvalue weighted by Gasteiger charge is -2.19. The van der Waals surface area contributed by atoms with Crippen LogP contribution < -0.4 is 10.7 Å². The van der Waals surface area contributed by atoms with E-state index >= 15 is 0 Å². The zero-order valence-electron chi connectivity index (χ0n) is 12.6. The summed E-state index contributed by atoms with van der Waals surface area (Å²) in [7, 11) is 0. The van der Waals surface area contributed by atoms with Crippen molar-refractivity contribution in [1.82, 2.24) is 25.5 Å². The highest BCUT2D eigenvalue weighted by Gasteiger charge is 2.25. The van der Waals surface area contributed by atoms with Gasteiger partial charge in [0.25, 0.3) is 5.91 Å². The molecule has 2 amide bonds. The highest BCUT2D eigenvalue weighted by atomic mass is 16.2. The van der Waals surface area contributed by atoms with Crippen molar-refractivity contribution >= 4 is 17.5 Å². The molecule has 22 heavy (non-hydrogen) atoms. The third-order valence-corrected chi connectivity index (χ3v) is 4.22. The van der Waals surface area contributed by atoms with Crippen molar-refractivity contribution in [2.45, 2.75) is 57.5 Å². The molecule has 2 heterocycles. The van der Waals surface area contributed by atoms with E-state index < -0.39 is 0 Å². The molecule has 1 aliphatic heterocycles. The molecule has 1 aromatic heterocycles. The summed E-state index contributed by atoms with van der Waals surface area (Å²) in [6.07, 6.45) is 7.10. The van der Waals surface area contributed by atoms with Gasteiger partial charge in [0.15, 0.2) is 5.82 Å². The maximum Gasteiger partial charge on any atom is 0.268 e. The summed E-state index contributed by atoms with van der Waals surface area (Å²) < 4.78 is 2.07. The average Bonchev–Trinajstić information content (AvgIpc) is 3.18. The second kappa shape index (κ2) is 6.25. The van der Waals surface area contributed by atoms with Crippen LogP contribution in [0.25, 0.3) is 0 Å². The van der Waals surface area contributed by atoms with Crippen molar-refractivity contribution in [3.63, 3.8) is 0 Å². The SMILES string of the molecule is CC(NC(=O)C1=NNC(=O)CC1)c1nncn1C1CCCC1. The zero-order chi connectivity index (χ0) is 15.5. The van der Waals surface area contributed by atoms with Crippen LogP contribution in [0.15, 0.2) is 11.4 Å². The van der Waals surface area contributed by atoms with E-state index in [1.165, 1.54) is 12.8 Å². The van der Waals surface area contributed by atoms with Crippen LogP contribution in [0.1, 0.15) is 63.4 Å². The Kier molecular flexibility index (Phi) is 4.17. The number of hydrogen-bond acceptors (Lipinski definition) is 5. The molecule has 8 nitrogen and oxygen atoms in total. The van der Waals surface area contributed by atoms with Crippen LogP contribution in [0.3, 0.4) is 0 Å². The van der Waals surface area contributed by atoms with Gasteiger partial charge >= 0.3 is 0 Å². The van der Waals surface area contributed by atoms with Crippen molar-refractivity contribution in [3.8, 4) is 0 Å². The standard InChI is InChI=1S/C14H20N6O2/c1-9(16-14(22)11-6-7-12(21)18-17-11)13-19-15-8-20(13)10-4-2-3-5-10/h8-10H,2-7H2,1H3,(H,16,22)(H,18,21). The van der Waals surface area contributed by atoms with Gasteiger partial charge in [0.2, 0.25) is 5.91 Å². The zero-order valence-corrected chi connectivity index (χ0v) is 12.6. The van der Waals surface area contributed by atoms with Crippen molar-refractivity contribution < 1.29 is 9.59 Å². The summed E-state index contributed by atoms with van der Waals surface area (Å²) in [4.78, 5) is 23.3. The van der Waals surface area contributed by atoms with Crippen LogP contribution in [-0.4, -0.2) is 32.3 Å². The number of nitrogens with zero attached hydrogens (tertiary/aromatic N) is 4. The molecule has 1 atom stereocenters. The van der Waals surface area contributed by atoms with Crippen LogP contribution in [-0.2, 0) is 9.59 Å². The molecular weight excluding hydrogens is 284 g/mol. The molecule has 1 unspecified atom stereocenters. The van der Waals surface area contributed by atoms with E-state index in [0.717, 1.165) is 18.7 Å². The van der Waals surface area contributed by atoms with Gasteiger partial charge in [-0.2, -0.15) is 5.10 Å². The van der Waals surface area contributed by atoms with Crippen molar-refractivity contribution in [3.05, 3.63) is 12.2 Å². The molecule has 8 heteroatoms. The van der Waals surface area contributed by atoms with Crippen LogP contribution in [0.4, 0.5) is 0 Å². The number of carbonyl (C=O) groups excluding carboxylic acids is 2. The molecule has 118 valence electrons. The third kappa shape index (κ3) is 3.00. The van der Waals surface area contributed by atoms with Gasteiger partial charge in [-0.25, -0.2) is 5.43 Å². The molecule has 0 bridgehead atoms. The molecule has 1 saturated carbocycles. The first-order chi connectivity index (χ1) is 10.6. The first-order valence-corrected chi connectivity index (χ1v) is 7.71. The highest BCUT2D eigenvalue weighted by Crippen LogP contribution is 2.31. The van der Waals surface area contributed by atoms with E-state index in [1.807, 2.05) is 6.92 Å². The van der Waals surface area contributed by atoms with Gasteiger partial charge in [-0.1, -0.05) is 12.8 Å². The second-order valence-electron chi connectivity index (χ2n) is 5.82. The van der Waals surface area contributed by atoms with Gasteiger partial charge < -0.3 is 9.88 Å². The van der Waals surface area contributed by atoms with E-state index in [1.54, 1.807) is 6.33 Å². The van der Waals surface area contributed by atoms with Crippen molar-refractivity contribution in [2.24, 2.45) is 5.10 Å². The summed E-state index contributed by atoms with van der Waals surface area (Å²) in [5.74, 6) is 0.333. The maximum absolute atomic E-state index is 12.2. The quantitative estimate of drug-likeness (QED) is 0.860. The van der Waals surface area contributed by atoms with E-state index in [4.69, 9.17) is 0 Å². The third-order valence-electron chi connectivity index (χ3n) is 4.22. The molecular formula is C14H20N6O2. The smallest absolute Gasteiger partial charge is 0.268 e. The minimum absolute atomic E-state index is 0.162. The average molecular weight is 304 g/mol. The fourth-order valence-electron chi connectivity index (χ4n) is 3.01. The molecule has 2 aliphatic rings. The molecule has 3 rings (SSSR count). The van der Waals surface area contributed by atoms with Crippen LogP contribution in [0.5, 0.6) is 0 Å². The first kappa shape index (κ1) is 14.7. The van der Waals surface area contributed by atoms with E-state index in [2.05, 4.69) is 30.6 Å². The van der Waals surface area contributed by atoms with Crippen molar-refractivity contribution in [1.29, 1.82) is 0 Å². The number of nitrogens with one attached hydrogen (secondary N) is 2. The Hall–Kier alpha value is -2.25. The van der Waals surface area contributed by atoms with Crippen LogP contribution in [0.2, 0.25) is 0 Å². The number of carbonyl (C=O) groups is 2. The summed E-state index contributed by atoms with van der Waals surface area (Å²) in [5, 5.41) is 14.8. The minimum atomic E-state index is -0.270. The summed E-state index contributed by atoms with van der Waals surface area (Å²) in [6, 6.07) is 0.173. The lowest BCUT2D eigenvalue weighted by molar-refractivity contribution is -0.121. The number of rotatable bonds is 4. The predicted molar refractivity (Wildman–Crippen MR) is 78.9 cm³/mol. The molecule has 0 aromatic carbocycles. The molecule has 1 aliphatic carbocycles. The van der Waals surface area contributed by atoms with Gasteiger partial charge in [0.05, 0.1) is 6.04 Å². The highest BCUT2D eigenvalue weighted by molar-refractivity contribution is 6.39. The Bertz CT molecular complexity index is 602. The number of aromatic nitrogens is 3. The second-order valence-corrected chi connectivity index (χ2v) is 5.82. The Labute approximate surface area is 128 Å². The normalized spacial score (nSPS) is 20.4. The Morgan fingerprint density at radius 1 is 1.41 bits per heavy atom. The van der Waals surface area contributed by atoms with E-state index in [0.29, 0.717) is 24.6 Å². The Morgan fingerprint density at radius 2 is 2.18 bits per heavy atom. The van der Waals surface area contributed by atoms with Gasteiger partial charge in [-0.15, -0.1) is 10.2 Å². The summed E-state index contributed by atoms with van der Waals surface area (Å²) >= 11 is 0. The van der Waals surface area contributed by atoms with Gasteiger partial charge in [-0.05, 0) is 19.8 Å². The van der Waals surface area contributed by atoms with E-state index in [9.17, 15) is 9.59 Å². The lowest BCUT2D eigenvalue weighted by Crippen LogP contribution is -2.38. The van der Waals surface area contributed by atoms with Gasteiger partial charge in [0, 0.05) is 18.9 Å². The fourth-order valence-corrected chi connectivity index (χ4v) is 3.01. The Balaban J connectivity index is 1.67. The molecule has 1 aromatic rings. The van der Waals surface area contributed by atoms with Crippen LogP contribution in [0, 0.1) is 0 Å². The topological polar surface area (TPSA) is 101 Å². The molecule has 0 saturated heterocycles. The number of amides is 2. The number of hydrogen-bond donors (Lipinski definition) is 2. The number of hydrazone groups is 1. The summed E-state index contributed by atoms with van der Waals surface area (Å²) in [5.41, 5.74) is 2.68. The Morgan fingerprint density at radius 3 is 2.86 bits per heavy atom. The maximum atomic E-state index is 12.2. The molecule has 0 radical (unpaired) electrons. The largest absolute Gasteiger partial charge is 0.341 e. The van der Waals surface area contributed by atoms with Crippen LogP contribution >= 0.6 is 0 Å². The fraction of sp³-hybridized carbons (Fsp3) is 0.643. The molecule has 0 spiro atoms. The predicted octanol–water partition coefficient (Wildman–Crippen LogP) is 0.836. The monoisotopic (exact) mass is 304 g/mol.